The summed E-state index contributed by atoms with van der Waals surface area (Å²) in [6.07, 6.45) is 8.31. The van der Waals surface area contributed by atoms with Crippen LogP contribution >= 0.6 is 0 Å². The van der Waals surface area contributed by atoms with E-state index < -0.39 is 6.04 Å². The molecule has 0 radical (unpaired) electrons. The highest BCUT2D eigenvalue weighted by molar-refractivity contribution is 5.82. The van der Waals surface area contributed by atoms with Crippen molar-refractivity contribution >= 4 is 5.91 Å². The van der Waals surface area contributed by atoms with Gasteiger partial charge in [0.1, 0.15) is 0 Å². The van der Waals surface area contributed by atoms with Gasteiger partial charge in [0.2, 0.25) is 5.91 Å². The summed E-state index contributed by atoms with van der Waals surface area (Å²) in [4.78, 5) is 12.5. The quantitative estimate of drug-likeness (QED) is 0.840. The lowest BCUT2D eigenvalue weighted by Crippen LogP contribution is -2.59. The topological polar surface area (TPSA) is 55.1 Å². The van der Waals surface area contributed by atoms with Crippen LogP contribution in [-0.2, 0) is 4.79 Å². The second-order valence-electron chi connectivity index (χ2n) is 9.35. The van der Waals surface area contributed by atoms with E-state index in [-0.39, 0.29) is 17.4 Å². The molecular formula is C18H32N2O. The van der Waals surface area contributed by atoms with E-state index in [1.807, 2.05) is 20.8 Å². The number of carbonyl (C=O) groups excluding carboxylic acids is 1. The molecule has 0 aliphatic heterocycles. The molecule has 0 aromatic rings. The molecule has 3 N–H and O–H groups in total. The summed E-state index contributed by atoms with van der Waals surface area (Å²) in [5, 5.41) is 3.28. The molecule has 0 aromatic carbocycles. The van der Waals surface area contributed by atoms with Crippen LogP contribution in [0.25, 0.3) is 0 Å². The first-order valence-electron chi connectivity index (χ1n) is 8.75. The van der Waals surface area contributed by atoms with E-state index in [9.17, 15) is 4.79 Å². The van der Waals surface area contributed by atoms with Crippen LogP contribution in [0.2, 0.25) is 0 Å². The van der Waals surface area contributed by atoms with Crippen LogP contribution < -0.4 is 11.1 Å². The third kappa shape index (κ3) is 2.74. The van der Waals surface area contributed by atoms with Gasteiger partial charge in [-0.05, 0) is 74.0 Å². The molecule has 2 unspecified atom stereocenters. The summed E-state index contributed by atoms with van der Waals surface area (Å²) in [5.74, 6) is 2.80. The van der Waals surface area contributed by atoms with Crippen LogP contribution in [-0.4, -0.2) is 18.0 Å². The Morgan fingerprint density at radius 2 is 1.52 bits per heavy atom. The van der Waals surface area contributed by atoms with Crippen molar-refractivity contribution in [3.63, 3.8) is 0 Å². The molecule has 3 heteroatoms. The van der Waals surface area contributed by atoms with Gasteiger partial charge in [-0.3, -0.25) is 4.79 Å². The molecule has 4 bridgehead atoms. The zero-order chi connectivity index (χ0) is 15.4. The highest BCUT2D eigenvalue weighted by atomic mass is 16.2. The Morgan fingerprint density at radius 1 is 1.10 bits per heavy atom. The van der Waals surface area contributed by atoms with Gasteiger partial charge in [-0.15, -0.1) is 0 Å². The highest BCUT2D eigenvalue weighted by Gasteiger charge is 2.53. The van der Waals surface area contributed by atoms with Crippen LogP contribution in [0.4, 0.5) is 0 Å². The Labute approximate surface area is 129 Å². The fraction of sp³-hybridized carbons (Fsp3) is 0.944. The summed E-state index contributed by atoms with van der Waals surface area (Å²) in [6.45, 7) is 8.33. The highest BCUT2D eigenvalue weighted by Crippen LogP contribution is 2.61. The standard InChI is InChI=1S/C18H32N2O/c1-11(20-16(21)15(19)17(2,3)4)18-8-12-5-13(9-18)7-14(6-12)10-18/h11-15H,5-10,19H2,1-4H3,(H,20,21). The van der Waals surface area contributed by atoms with Crippen molar-refractivity contribution in [3.8, 4) is 0 Å². The van der Waals surface area contributed by atoms with E-state index in [4.69, 9.17) is 5.73 Å². The Bertz CT molecular complexity index is 388. The summed E-state index contributed by atoms with van der Waals surface area (Å²) >= 11 is 0. The van der Waals surface area contributed by atoms with E-state index in [1.165, 1.54) is 38.5 Å². The largest absolute Gasteiger partial charge is 0.352 e. The monoisotopic (exact) mass is 292 g/mol. The molecule has 0 saturated heterocycles. The molecule has 0 spiro atoms. The lowest BCUT2D eigenvalue weighted by molar-refractivity contribution is -0.129. The van der Waals surface area contributed by atoms with E-state index >= 15 is 0 Å². The Kier molecular flexibility index (Phi) is 3.63. The Balaban J connectivity index is 1.68. The average molecular weight is 292 g/mol. The number of nitrogens with one attached hydrogen (secondary N) is 1. The van der Waals surface area contributed by atoms with Crippen molar-refractivity contribution in [1.29, 1.82) is 0 Å². The zero-order valence-corrected chi connectivity index (χ0v) is 14.1. The van der Waals surface area contributed by atoms with E-state index in [0.29, 0.717) is 5.41 Å². The molecule has 4 fully saturated rings. The van der Waals surface area contributed by atoms with Gasteiger partial charge in [0.05, 0.1) is 6.04 Å². The third-order valence-electron chi connectivity index (χ3n) is 6.58. The Morgan fingerprint density at radius 3 is 1.90 bits per heavy atom. The fourth-order valence-corrected chi connectivity index (χ4v) is 5.56. The lowest BCUT2D eigenvalue weighted by Gasteiger charge is -2.59. The number of amides is 1. The number of nitrogens with two attached hydrogens (primary N) is 1. The van der Waals surface area contributed by atoms with Crippen LogP contribution in [0, 0.1) is 28.6 Å². The molecule has 3 nitrogen and oxygen atoms in total. The van der Waals surface area contributed by atoms with Crippen molar-refractivity contribution in [2.24, 2.45) is 34.3 Å². The number of hydrogen-bond donors (Lipinski definition) is 2. The average Bonchev–Trinajstić information content (AvgIpc) is 2.34. The molecule has 120 valence electrons. The van der Waals surface area contributed by atoms with Gasteiger partial charge < -0.3 is 11.1 Å². The normalized spacial score (nSPS) is 40.9. The minimum Gasteiger partial charge on any atom is -0.352 e. The van der Waals surface area contributed by atoms with Crippen molar-refractivity contribution < 1.29 is 4.79 Å². The summed E-state index contributed by atoms with van der Waals surface area (Å²) < 4.78 is 0. The van der Waals surface area contributed by atoms with Crippen LogP contribution in [0.5, 0.6) is 0 Å². The number of carbonyl (C=O) groups is 1. The molecule has 0 heterocycles. The predicted octanol–water partition coefficient (Wildman–Crippen LogP) is 3.08. The van der Waals surface area contributed by atoms with E-state index in [1.54, 1.807) is 0 Å². The van der Waals surface area contributed by atoms with Crippen LogP contribution in [0.3, 0.4) is 0 Å². The lowest BCUT2D eigenvalue weighted by atomic mass is 9.48. The zero-order valence-electron chi connectivity index (χ0n) is 14.1. The maximum atomic E-state index is 12.5. The minimum absolute atomic E-state index is 0.0331. The SMILES string of the molecule is CC(NC(=O)C(N)C(C)(C)C)C12CC3CC(CC(C3)C1)C2. The minimum atomic E-state index is -0.422. The molecule has 4 aliphatic rings. The van der Waals surface area contributed by atoms with Gasteiger partial charge in [-0.25, -0.2) is 0 Å². The van der Waals surface area contributed by atoms with E-state index in [2.05, 4.69) is 12.2 Å². The molecule has 1 amide bonds. The van der Waals surface area contributed by atoms with Crippen molar-refractivity contribution in [2.45, 2.75) is 78.3 Å². The van der Waals surface area contributed by atoms with Crippen molar-refractivity contribution in [3.05, 3.63) is 0 Å². The van der Waals surface area contributed by atoms with Gasteiger partial charge >= 0.3 is 0 Å². The molecular weight excluding hydrogens is 260 g/mol. The number of hydrogen-bond acceptors (Lipinski definition) is 2. The van der Waals surface area contributed by atoms with E-state index in [0.717, 1.165) is 17.8 Å². The molecule has 4 saturated carbocycles. The summed E-state index contributed by atoms with van der Waals surface area (Å²) in [5.41, 5.74) is 6.31. The van der Waals surface area contributed by atoms with Gasteiger partial charge in [0.25, 0.3) is 0 Å². The van der Waals surface area contributed by atoms with Gasteiger partial charge in [-0.2, -0.15) is 0 Å². The number of rotatable bonds is 3. The van der Waals surface area contributed by atoms with Crippen molar-refractivity contribution in [2.75, 3.05) is 0 Å². The van der Waals surface area contributed by atoms with Gasteiger partial charge in [-0.1, -0.05) is 20.8 Å². The van der Waals surface area contributed by atoms with Gasteiger partial charge in [0, 0.05) is 6.04 Å². The van der Waals surface area contributed by atoms with Crippen LogP contribution in [0.1, 0.15) is 66.2 Å². The molecule has 21 heavy (non-hydrogen) atoms. The predicted molar refractivity (Wildman–Crippen MR) is 85.6 cm³/mol. The Hall–Kier alpha value is -0.570. The van der Waals surface area contributed by atoms with Gasteiger partial charge in [0.15, 0.2) is 0 Å². The first kappa shape index (κ1) is 15.3. The second-order valence-corrected chi connectivity index (χ2v) is 9.35. The summed E-state index contributed by atoms with van der Waals surface area (Å²) in [7, 11) is 0. The van der Waals surface area contributed by atoms with Crippen molar-refractivity contribution in [1.82, 2.24) is 5.32 Å². The van der Waals surface area contributed by atoms with Crippen LogP contribution in [0.15, 0.2) is 0 Å². The molecule has 2 atom stereocenters. The summed E-state index contributed by atoms with van der Waals surface area (Å²) in [6, 6.07) is -0.152. The second kappa shape index (κ2) is 4.97. The molecule has 4 rings (SSSR count). The fourth-order valence-electron chi connectivity index (χ4n) is 5.56. The smallest absolute Gasteiger partial charge is 0.237 e. The molecule has 4 aliphatic carbocycles. The maximum Gasteiger partial charge on any atom is 0.237 e. The first-order chi connectivity index (χ1) is 9.69. The third-order valence-corrected chi connectivity index (χ3v) is 6.58. The maximum absolute atomic E-state index is 12.5. The molecule has 0 aromatic heterocycles. The first-order valence-corrected chi connectivity index (χ1v) is 8.75.